The van der Waals surface area contributed by atoms with Gasteiger partial charge in [-0.15, -0.1) is 0 Å². The molecule has 0 saturated carbocycles. The fourth-order valence-electron chi connectivity index (χ4n) is 2.78. The summed E-state index contributed by atoms with van der Waals surface area (Å²) < 4.78 is 11.1. The van der Waals surface area contributed by atoms with Gasteiger partial charge in [0.25, 0.3) is 0 Å². The highest BCUT2D eigenvalue weighted by Gasteiger charge is 2.36. The quantitative estimate of drug-likeness (QED) is 0.354. The van der Waals surface area contributed by atoms with Crippen molar-refractivity contribution < 1.29 is 19.1 Å². The Balaban J connectivity index is 4.52. The van der Waals surface area contributed by atoms with Crippen LogP contribution in [0.3, 0.4) is 0 Å². The Kier molecular flexibility index (Phi) is 9.90. The molecule has 26 heavy (non-hydrogen) atoms. The standard InChI is InChI=1S/C22H42O4/c1-10-11-12-13-18(23)26-22(8,9)14-15-25-19(24)17(21(5,6)7)16-20(2,3)4/h17H,10-16H2,1-9H3. The van der Waals surface area contributed by atoms with Crippen molar-refractivity contribution in [1.82, 2.24) is 0 Å². The number of carbonyl (C=O) groups excluding carboxylic acids is 2. The molecule has 0 heterocycles. The zero-order valence-electron chi connectivity index (χ0n) is 18.7. The third-order valence-corrected chi connectivity index (χ3v) is 4.47. The van der Waals surface area contributed by atoms with Crippen LogP contribution >= 0.6 is 0 Å². The molecule has 0 bridgehead atoms. The van der Waals surface area contributed by atoms with Gasteiger partial charge < -0.3 is 9.47 Å². The second kappa shape index (κ2) is 10.3. The molecule has 0 aliphatic carbocycles. The molecule has 0 aliphatic heterocycles. The average molecular weight is 371 g/mol. The van der Waals surface area contributed by atoms with E-state index >= 15 is 0 Å². The van der Waals surface area contributed by atoms with Crippen LogP contribution in [0.25, 0.3) is 0 Å². The van der Waals surface area contributed by atoms with Crippen LogP contribution in [-0.2, 0) is 19.1 Å². The van der Waals surface area contributed by atoms with E-state index in [0.29, 0.717) is 12.8 Å². The maximum atomic E-state index is 12.6. The molecule has 0 amide bonds. The predicted octanol–water partition coefficient (Wildman–Crippen LogP) is 5.92. The molecule has 0 spiro atoms. The minimum Gasteiger partial charge on any atom is -0.465 e. The Hall–Kier alpha value is -1.06. The van der Waals surface area contributed by atoms with Crippen molar-refractivity contribution in [3.05, 3.63) is 0 Å². The van der Waals surface area contributed by atoms with Gasteiger partial charge in [-0.05, 0) is 37.5 Å². The van der Waals surface area contributed by atoms with Crippen LogP contribution in [0.15, 0.2) is 0 Å². The molecule has 4 nitrogen and oxygen atoms in total. The van der Waals surface area contributed by atoms with Gasteiger partial charge in [0.15, 0.2) is 0 Å². The maximum absolute atomic E-state index is 12.6. The minimum atomic E-state index is -0.620. The van der Waals surface area contributed by atoms with Crippen LogP contribution in [0.4, 0.5) is 0 Å². The molecule has 0 saturated heterocycles. The number of esters is 2. The summed E-state index contributed by atoms with van der Waals surface area (Å²) in [6.07, 6.45) is 4.72. The number of ether oxygens (including phenoxy) is 2. The molecule has 0 aliphatic rings. The highest BCUT2D eigenvalue weighted by Crippen LogP contribution is 2.36. The fourth-order valence-corrected chi connectivity index (χ4v) is 2.78. The van der Waals surface area contributed by atoms with E-state index < -0.39 is 5.60 Å². The minimum absolute atomic E-state index is 0.0598. The second-order valence-corrected chi connectivity index (χ2v) is 10.3. The lowest BCUT2D eigenvalue weighted by molar-refractivity contribution is -0.161. The van der Waals surface area contributed by atoms with E-state index in [-0.39, 0.29) is 35.3 Å². The first kappa shape index (κ1) is 24.9. The molecule has 0 radical (unpaired) electrons. The van der Waals surface area contributed by atoms with E-state index in [1.165, 1.54) is 0 Å². The van der Waals surface area contributed by atoms with E-state index in [1.807, 2.05) is 13.8 Å². The topological polar surface area (TPSA) is 52.6 Å². The molecule has 0 aromatic heterocycles. The molecule has 154 valence electrons. The van der Waals surface area contributed by atoms with Crippen molar-refractivity contribution in [2.75, 3.05) is 6.61 Å². The van der Waals surface area contributed by atoms with Crippen LogP contribution in [-0.4, -0.2) is 24.1 Å². The monoisotopic (exact) mass is 370 g/mol. The van der Waals surface area contributed by atoms with Crippen LogP contribution in [0.5, 0.6) is 0 Å². The summed E-state index contributed by atoms with van der Waals surface area (Å²) in [5.41, 5.74) is -0.708. The van der Waals surface area contributed by atoms with Gasteiger partial charge in [0.05, 0.1) is 12.5 Å². The third-order valence-electron chi connectivity index (χ3n) is 4.47. The van der Waals surface area contributed by atoms with Crippen molar-refractivity contribution in [3.8, 4) is 0 Å². The van der Waals surface area contributed by atoms with Gasteiger partial charge in [-0.2, -0.15) is 0 Å². The van der Waals surface area contributed by atoms with Crippen molar-refractivity contribution in [2.24, 2.45) is 16.7 Å². The number of hydrogen-bond donors (Lipinski definition) is 0. The fraction of sp³-hybridized carbons (Fsp3) is 0.909. The van der Waals surface area contributed by atoms with E-state index in [2.05, 4.69) is 48.5 Å². The Morgan fingerprint density at radius 1 is 0.923 bits per heavy atom. The van der Waals surface area contributed by atoms with Crippen molar-refractivity contribution in [2.45, 2.75) is 106 Å². The molecule has 1 unspecified atom stereocenters. The van der Waals surface area contributed by atoms with E-state index in [0.717, 1.165) is 25.7 Å². The van der Waals surface area contributed by atoms with Crippen molar-refractivity contribution >= 4 is 11.9 Å². The first-order valence-corrected chi connectivity index (χ1v) is 10.1. The number of rotatable bonds is 10. The Morgan fingerprint density at radius 3 is 1.96 bits per heavy atom. The van der Waals surface area contributed by atoms with Gasteiger partial charge in [0.2, 0.25) is 0 Å². The Bertz CT molecular complexity index is 438. The number of unbranched alkanes of at least 4 members (excludes halogenated alkanes) is 2. The maximum Gasteiger partial charge on any atom is 0.309 e. The van der Waals surface area contributed by atoms with E-state index in [4.69, 9.17) is 9.47 Å². The van der Waals surface area contributed by atoms with Crippen molar-refractivity contribution in [3.63, 3.8) is 0 Å². The normalized spacial score (nSPS) is 14.0. The van der Waals surface area contributed by atoms with Gasteiger partial charge in [0.1, 0.15) is 5.60 Å². The zero-order valence-corrected chi connectivity index (χ0v) is 18.7. The lowest BCUT2D eigenvalue weighted by Gasteiger charge is -2.34. The smallest absolute Gasteiger partial charge is 0.309 e. The molecule has 0 fully saturated rings. The van der Waals surface area contributed by atoms with Gasteiger partial charge in [-0.1, -0.05) is 61.3 Å². The number of carbonyl (C=O) groups is 2. The van der Waals surface area contributed by atoms with Gasteiger partial charge in [-0.3, -0.25) is 9.59 Å². The molecule has 0 aromatic carbocycles. The van der Waals surface area contributed by atoms with Gasteiger partial charge in [-0.25, -0.2) is 0 Å². The Morgan fingerprint density at radius 2 is 1.50 bits per heavy atom. The summed E-state index contributed by atoms with van der Waals surface area (Å²) >= 11 is 0. The largest absolute Gasteiger partial charge is 0.465 e. The molecule has 4 heteroatoms. The van der Waals surface area contributed by atoms with Crippen LogP contribution in [0.1, 0.15) is 101 Å². The van der Waals surface area contributed by atoms with Gasteiger partial charge in [0, 0.05) is 12.8 Å². The average Bonchev–Trinajstić information content (AvgIpc) is 2.42. The van der Waals surface area contributed by atoms with Crippen LogP contribution in [0, 0.1) is 16.7 Å². The molecular weight excluding hydrogens is 328 g/mol. The Labute approximate surface area is 161 Å². The first-order valence-electron chi connectivity index (χ1n) is 10.1. The summed E-state index contributed by atoms with van der Waals surface area (Å²) in [5.74, 6) is -0.477. The SMILES string of the molecule is CCCCCC(=O)OC(C)(C)CCOC(=O)C(CC(C)(C)C)C(C)(C)C. The number of hydrogen-bond acceptors (Lipinski definition) is 4. The van der Waals surface area contributed by atoms with E-state index in [9.17, 15) is 9.59 Å². The van der Waals surface area contributed by atoms with Gasteiger partial charge >= 0.3 is 11.9 Å². The lowest BCUT2D eigenvalue weighted by atomic mass is 9.72. The van der Waals surface area contributed by atoms with Crippen LogP contribution < -0.4 is 0 Å². The second-order valence-electron chi connectivity index (χ2n) is 10.3. The molecular formula is C22H42O4. The predicted molar refractivity (Wildman–Crippen MR) is 107 cm³/mol. The van der Waals surface area contributed by atoms with Crippen LogP contribution in [0.2, 0.25) is 0 Å². The molecule has 1 atom stereocenters. The van der Waals surface area contributed by atoms with E-state index in [1.54, 1.807) is 0 Å². The third kappa shape index (κ3) is 11.5. The lowest BCUT2D eigenvalue weighted by Crippen LogP contribution is -2.35. The molecule has 0 N–H and O–H groups in total. The summed E-state index contributed by atoms with van der Waals surface area (Å²) in [6, 6.07) is 0. The summed E-state index contributed by atoms with van der Waals surface area (Å²) in [6.45, 7) is 18.8. The summed E-state index contributed by atoms with van der Waals surface area (Å²) in [5, 5.41) is 0. The first-order chi connectivity index (χ1) is 11.7. The summed E-state index contributed by atoms with van der Waals surface area (Å²) in [7, 11) is 0. The highest BCUT2D eigenvalue weighted by molar-refractivity contribution is 5.73. The molecule has 0 rings (SSSR count). The highest BCUT2D eigenvalue weighted by atomic mass is 16.6. The summed E-state index contributed by atoms with van der Waals surface area (Å²) in [4.78, 5) is 24.5. The zero-order chi connectivity index (χ0) is 20.6. The van der Waals surface area contributed by atoms with Crippen molar-refractivity contribution in [1.29, 1.82) is 0 Å². The molecule has 0 aromatic rings.